The van der Waals surface area contributed by atoms with Gasteiger partial charge in [0, 0.05) is 6.07 Å². The normalized spacial score (nSPS) is 10.3. The van der Waals surface area contributed by atoms with Crippen LogP contribution >= 0.6 is 11.6 Å². The van der Waals surface area contributed by atoms with Crippen LogP contribution in [0.1, 0.15) is 12.5 Å². The molecular formula is C14H15ClN2O2. The largest absolute Gasteiger partial charge is 0.476 e. The summed E-state index contributed by atoms with van der Waals surface area (Å²) in [6.07, 6.45) is 0. The molecule has 0 aliphatic heterocycles. The fourth-order valence-electron chi connectivity index (χ4n) is 1.54. The van der Waals surface area contributed by atoms with Crippen LogP contribution in [0.15, 0.2) is 30.3 Å². The van der Waals surface area contributed by atoms with E-state index in [2.05, 4.69) is 4.98 Å². The van der Waals surface area contributed by atoms with Gasteiger partial charge in [0.2, 0.25) is 11.8 Å². The van der Waals surface area contributed by atoms with Crippen LogP contribution in [0, 0.1) is 6.92 Å². The Morgan fingerprint density at radius 2 is 2.05 bits per heavy atom. The first-order chi connectivity index (χ1) is 9.10. The molecule has 0 fully saturated rings. The molecule has 0 radical (unpaired) electrons. The minimum atomic E-state index is 0.365. The minimum Gasteiger partial charge on any atom is -0.476 e. The molecule has 0 unspecified atom stereocenters. The van der Waals surface area contributed by atoms with Gasteiger partial charge in [0.1, 0.15) is 5.75 Å². The standard InChI is InChI=1S/C14H15ClN2O2/c1-3-18-14-11(16)6-7-13(17-14)19-12-8-9(2)4-5-10(12)15/h4-8H,3,16H2,1-2H3. The molecule has 5 heteroatoms. The number of aryl methyl sites for hydroxylation is 1. The summed E-state index contributed by atoms with van der Waals surface area (Å²) in [5, 5.41) is 0.530. The Bertz CT molecular complexity index is 588. The zero-order valence-corrected chi connectivity index (χ0v) is 11.6. The number of benzene rings is 1. The Balaban J connectivity index is 2.28. The molecule has 100 valence electrons. The van der Waals surface area contributed by atoms with Gasteiger partial charge in [0.25, 0.3) is 0 Å². The second-order valence-electron chi connectivity index (χ2n) is 4.01. The zero-order valence-electron chi connectivity index (χ0n) is 10.8. The lowest BCUT2D eigenvalue weighted by atomic mass is 10.2. The van der Waals surface area contributed by atoms with Crippen LogP contribution in [-0.2, 0) is 0 Å². The predicted molar refractivity (Wildman–Crippen MR) is 76.1 cm³/mol. The van der Waals surface area contributed by atoms with Crippen molar-refractivity contribution < 1.29 is 9.47 Å². The van der Waals surface area contributed by atoms with Gasteiger partial charge in [-0.25, -0.2) is 0 Å². The summed E-state index contributed by atoms with van der Waals surface area (Å²) >= 11 is 6.07. The Hall–Kier alpha value is -1.94. The molecular weight excluding hydrogens is 264 g/mol. The van der Waals surface area contributed by atoms with E-state index in [-0.39, 0.29) is 0 Å². The van der Waals surface area contributed by atoms with Crippen molar-refractivity contribution in [1.82, 2.24) is 4.98 Å². The number of nitrogens with zero attached hydrogens (tertiary/aromatic N) is 1. The summed E-state index contributed by atoms with van der Waals surface area (Å²) in [7, 11) is 0. The first-order valence-corrected chi connectivity index (χ1v) is 6.31. The Kier molecular flexibility index (Phi) is 4.12. The van der Waals surface area contributed by atoms with Crippen molar-refractivity contribution in [2.24, 2.45) is 0 Å². The molecule has 2 rings (SSSR count). The summed E-state index contributed by atoms with van der Waals surface area (Å²) in [4.78, 5) is 4.20. The van der Waals surface area contributed by atoms with E-state index in [1.54, 1.807) is 18.2 Å². The third-order valence-corrected chi connectivity index (χ3v) is 2.76. The Labute approximate surface area is 117 Å². The summed E-state index contributed by atoms with van der Waals surface area (Å²) < 4.78 is 11.0. The lowest BCUT2D eigenvalue weighted by Gasteiger charge is -2.10. The van der Waals surface area contributed by atoms with Crippen LogP contribution in [0.3, 0.4) is 0 Å². The Morgan fingerprint density at radius 3 is 2.79 bits per heavy atom. The van der Waals surface area contributed by atoms with E-state index in [0.717, 1.165) is 5.56 Å². The average molecular weight is 279 g/mol. The number of nitrogen functional groups attached to an aromatic ring is 1. The number of halogens is 1. The van der Waals surface area contributed by atoms with E-state index in [0.29, 0.717) is 34.8 Å². The van der Waals surface area contributed by atoms with E-state index in [1.807, 2.05) is 26.0 Å². The predicted octanol–water partition coefficient (Wildman–Crippen LogP) is 3.82. The highest BCUT2D eigenvalue weighted by atomic mass is 35.5. The van der Waals surface area contributed by atoms with E-state index in [9.17, 15) is 0 Å². The van der Waals surface area contributed by atoms with Gasteiger partial charge in [-0.3, -0.25) is 0 Å². The van der Waals surface area contributed by atoms with Gasteiger partial charge in [0.05, 0.1) is 17.3 Å². The maximum Gasteiger partial charge on any atom is 0.240 e. The lowest BCUT2D eigenvalue weighted by Crippen LogP contribution is -2.00. The first kappa shape index (κ1) is 13.5. The summed E-state index contributed by atoms with van der Waals surface area (Å²) in [5.74, 6) is 1.32. The van der Waals surface area contributed by atoms with Gasteiger partial charge in [-0.1, -0.05) is 17.7 Å². The first-order valence-electron chi connectivity index (χ1n) is 5.93. The molecule has 2 N–H and O–H groups in total. The molecule has 4 nitrogen and oxygen atoms in total. The van der Waals surface area contributed by atoms with Gasteiger partial charge in [0.15, 0.2) is 0 Å². The van der Waals surface area contributed by atoms with Crippen molar-refractivity contribution in [2.45, 2.75) is 13.8 Å². The van der Waals surface area contributed by atoms with Crippen molar-refractivity contribution in [3.63, 3.8) is 0 Å². The van der Waals surface area contributed by atoms with Crippen molar-refractivity contribution in [2.75, 3.05) is 12.3 Å². The maximum atomic E-state index is 6.07. The molecule has 0 aliphatic carbocycles. The molecule has 0 saturated carbocycles. The number of nitrogens with two attached hydrogens (primary N) is 1. The van der Waals surface area contributed by atoms with Crippen molar-refractivity contribution in [3.8, 4) is 17.5 Å². The lowest BCUT2D eigenvalue weighted by molar-refractivity contribution is 0.323. The fourth-order valence-corrected chi connectivity index (χ4v) is 1.70. The van der Waals surface area contributed by atoms with Crippen LogP contribution < -0.4 is 15.2 Å². The van der Waals surface area contributed by atoms with Crippen LogP contribution in [-0.4, -0.2) is 11.6 Å². The van der Waals surface area contributed by atoms with Crippen LogP contribution in [0.2, 0.25) is 5.02 Å². The highest BCUT2D eigenvalue weighted by Crippen LogP contribution is 2.31. The number of ether oxygens (including phenoxy) is 2. The monoisotopic (exact) mass is 278 g/mol. The van der Waals surface area contributed by atoms with Gasteiger partial charge in [-0.15, -0.1) is 0 Å². The third kappa shape index (κ3) is 3.29. The number of rotatable bonds is 4. The fraction of sp³-hybridized carbons (Fsp3) is 0.214. The molecule has 1 heterocycles. The summed E-state index contributed by atoms with van der Waals surface area (Å²) in [6.45, 7) is 4.32. The molecule has 1 aromatic carbocycles. The van der Waals surface area contributed by atoms with Gasteiger partial charge in [-0.05, 0) is 37.6 Å². The number of aromatic nitrogens is 1. The highest BCUT2D eigenvalue weighted by Gasteiger charge is 2.08. The zero-order chi connectivity index (χ0) is 13.8. The number of hydrogen-bond donors (Lipinski definition) is 1. The van der Waals surface area contributed by atoms with E-state index >= 15 is 0 Å². The third-order valence-electron chi connectivity index (χ3n) is 2.45. The van der Waals surface area contributed by atoms with E-state index in [1.165, 1.54) is 0 Å². The maximum absolute atomic E-state index is 6.07. The topological polar surface area (TPSA) is 57.4 Å². The second-order valence-corrected chi connectivity index (χ2v) is 4.42. The molecule has 1 aromatic heterocycles. The second kappa shape index (κ2) is 5.80. The van der Waals surface area contributed by atoms with Crippen molar-refractivity contribution in [1.29, 1.82) is 0 Å². The van der Waals surface area contributed by atoms with Gasteiger partial charge in [-0.2, -0.15) is 4.98 Å². The summed E-state index contributed by atoms with van der Waals surface area (Å²) in [6, 6.07) is 8.92. The number of pyridine rings is 1. The van der Waals surface area contributed by atoms with E-state index < -0.39 is 0 Å². The number of anilines is 1. The molecule has 19 heavy (non-hydrogen) atoms. The Morgan fingerprint density at radius 1 is 1.26 bits per heavy atom. The van der Waals surface area contributed by atoms with Crippen LogP contribution in [0.25, 0.3) is 0 Å². The van der Waals surface area contributed by atoms with Crippen molar-refractivity contribution >= 4 is 17.3 Å². The SMILES string of the molecule is CCOc1nc(Oc2cc(C)ccc2Cl)ccc1N. The quantitative estimate of drug-likeness (QED) is 0.924. The minimum absolute atomic E-state index is 0.365. The van der Waals surface area contributed by atoms with E-state index in [4.69, 9.17) is 26.8 Å². The molecule has 0 spiro atoms. The average Bonchev–Trinajstić information content (AvgIpc) is 2.38. The highest BCUT2D eigenvalue weighted by molar-refractivity contribution is 6.32. The molecule has 0 aliphatic rings. The molecule has 0 amide bonds. The molecule has 0 bridgehead atoms. The molecule has 0 saturated heterocycles. The smallest absolute Gasteiger partial charge is 0.240 e. The molecule has 0 atom stereocenters. The number of hydrogen-bond acceptors (Lipinski definition) is 4. The van der Waals surface area contributed by atoms with Crippen molar-refractivity contribution in [3.05, 3.63) is 40.9 Å². The molecule has 2 aromatic rings. The van der Waals surface area contributed by atoms with Crippen LogP contribution in [0.4, 0.5) is 5.69 Å². The van der Waals surface area contributed by atoms with Crippen LogP contribution in [0.5, 0.6) is 17.5 Å². The van der Waals surface area contributed by atoms with Gasteiger partial charge >= 0.3 is 0 Å². The summed E-state index contributed by atoms with van der Waals surface area (Å²) in [5.41, 5.74) is 7.29. The van der Waals surface area contributed by atoms with Gasteiger partial charge < -0.3 is 15.2 Å².